The van der Waals surface area contributed by atoms with Crippen LogP contribution in [0.15, 0.2) is 30.5 Å². The lowest BCUT2D eigenvalue weighted by Gasteiger charge is -2.17. The van der Waals surface area contributed by atoms with Crippen molar-refractivity contribution in [2.45, 2.75) is 31.7 Å². The Morgan fingerprint density at radius 1 is 1.29 bits per heavy atom. The topological polar surface area (TPSA) is 93.3 Å². The molecule has 1 fully saturated rings. The summed E-state index contributed by atoms with van der Waals surface area (Å²) in [5.74, 6) is 2.52. The van der Waals surface area contributed by atoms with Gasteiger partial charge in [0.25, 0.3) is 0 Å². The molecule has 1 aliphatic rings. The molecule has 1 aromatic carbocycles. The number of nitrogen functional groups attached to an aromatic ring is 1. The summed E-state index contributed by atoms with van der Waals surface area (Å²) in [5, 5.41) is 13.1. The van der Waals surface area contributed by atoms with Crippen molar-refractivity contribution in [2.75, 3.05) is 17.7 Å². The first-order valence-electron chi connectivity index (χ1n) is 8.07. The van der Waals surface area contributed by atoms with Crippen LogP contribution < -0.4 is 15.8 Å². The molecule has 3 rings (SSSR count). The molecule has 1 aliphatic carbocycles. The van der Waals surface area contributed by atoms with E-state index in [1.165, 1.54) is 0 Å². The Morgan fingerprint density at radius 3 is 2.83 bits per heavy atom. The summed E-state index contributed by atoms with van der Waals surface area (Å²) >= 11 is 5.89. The number of aliphatic hydroxyl groups excluding tert-OH is 1. The SMILES string of the molecule is Nc1ncc(Oc2ccc(Cl)cc2)c(N[C@H]2CC[C@H](CCO)C2)n1. The Labute approximate surface area is 146 Å². The minimum atomic E-state index is 0.200. The average Bonchev–Trinajstić information content (AvgIpc) is 3.00. The van der Waals surface area contributed by atoms with Crippen LogP contribution in [0.4, 0.5) is 11.8 Å². The second-order valence-corrected chi connectivity index (χ2v) is 6.47. The van der Waals surface area contributed by atoms with Crippen LogP contribution in [0.3, 0.4) is 0 Å². The lowest BCUT2D eigenvalue weighted by atomic mass is 10.0. The third-order valence-electron chi connectivity index (χ3n) is 4.23. The highest BCUT2D eigenvalue weighted by Gasteiger charge is 2.25. The van der Waals surface area contributed by atoms with Crippen molar-refractivity contribution in [3.63, 3.8) is 0 Å². The van der Waals surface area contributed by atoms with Crippen LogP contribution >= 0.6 is 11.6 Å². The molecule has 0 unspecified atom stereocenters. The van der Waals surface area contributed by atoms with Gasteiger partial charge in [0, 0.05) is 17.7 Å². The number of hydrogen-bond donors (Lipinski definition) is 3. The molecular weight excluding hydrogens is 328 g/mol. The maximum Gasteiger partial charge on any atom is 0.222 e. The van der Waals surface area contributed by atoms with E-state index in [4.69, 9.17) is 27.2 Å². The van der Waals surface area contributed by atoms with Crippen LogP contribution in [-0.4, -0.2) is 27.7 Å². The lowest BCUT2D eigenvalue weighted by Crippen LogP contribution is -2.18. The molecule has 0 saturated heterocycles. The van der Waals surface area contributed by atoms with Gasteiger partial charge in [0.05, 0.1) is 6.20 Å². The average molecular weight is 349 g/mol. The summed E-state index contributed by atoms with van der Waals surface area (Å²) in [7, 11) is 0. The third-order valence-corrected chi connectivity index (χ3v) is 4.49. The molecular formula is C17H21ClN4O2. The highest BCUT2D eigenvalue weighted by atomic mass is 35.5. The van der Waals surface area contributed by atoms with Gasteiger partial charge in [-0.05, 0) is 55.9 Å². The maximum atomic E-state index is 9.08. The van der Waals surface area contributed by atoms with Gasteiger partial charge in [0.1, 0.15) is 5.75 Å². The van der Waals surface area contributed by atoms with E-state index >= 15 is 0 Å². The Morgan fingerprint density at radius 2 is 2.08 bits per heavy atom. The van der Waals surface area contributed by atoms with Crippen LogP contribution in [0.5, 0.6) is 11.5 Å². The van der Waals surface area contributed by atoms with E-state index in [0.29, 0.717) is 34.3 Å². The van der Waals surface area contributed by atoms with E-state index in [2.05, 4.69) is 15.3 Å². The fourth-order valence-corrected chi connectivity index (χ4v) is 3.16. The molecule has 0 amide bonds. The molecule has 7 heteroatoms. The van der Waals surface area contributed by atoms with Crippen LogP contribution in [0.2, 0.25) is 5.02 Å². The Kier molecular flexibility index (Phi) is 5.37. The third kappa shape index (κ3) is 4.27. The molecule has 24 heavy (non-hydrogen) atoms. The number of halogens is 1. The van der Waals surface area contributed by atoms with Crippen molar-refractivity contribution in [1.29, 1.82) is 0 Å². The standard InChI is InChI=1S/C17H21ClN4O2/c18-12-2-5-14(6-3-12)24-15-10-20-17(19)22-16(15)21-13-4-1-11(9-13)7-8-23/h2-3,5-6,10-11,13,23H,1,4,7-9H2,(H3,19,20,21,22)/t11-,13+/m1/s1. The molecule has 128 valence electrons. The summed E-state index contributed by atoms with van der Waals surface area (Å²) in [6.45, 7) is 0.239. The van der Waals surface area contributed by atoms with Gasteiger partial charge in [0.15, 0.2) is 11.6 Å². The zero-order chi connectivity index (χ0) is 16.9. The van der Waals surface area contributed by atoms with Gasteiger partial charge in [-0.25, -0.2) is 4.98 Å². The molecule has 1 heterocycles. The Bertz CT molecular complexity index is 681. The highest BCUT2D eigenvalue weighted by Crippen LogP contribution is 2.34. The second-order valence-electron chi connectivity index (χ2n) is 6.03. The zero-order valence-corrected chi connectivity index (χ0v) is 14.0. The largest absolute Gasteiger partial charge is 0.452 e. The van der Waals surface area contributed by atoms with E-state index in [0.717, 1.165) is 25.7 Å². The molecule has 0 aliphatic heterocycles. The van der Waals surface area contributed by atoms with E-state index < -0.39 is 0 Å². The molecule has 2 aromatic rings. The summed E-state index contributed by atoms with van der Waals surface area (Å²) in [4.78, 5) is 8.29. The van der Waals surface area contributed by atoms with Crippen molar-refractivity contribution >= 4 is 23.4 Å². The molecule has 0 bridgehead atoms. The zero-order valence-electron chi connectivity index (χ0n) is 13.3. The maximum absolute atomic E-state index is 9.08. The predicted molar refractivity (Wildman–Crippen MR) is 94.4 cm³/mol. The Hall–Kier alpha value is -2.05. The highest BCUT2D eigenvalue weighted by molar-refractivity contribution is 6.30. The summed E-state index contributed by atoms with van der Waals surface area (Å²) in [5.41, 5.74) is 5.72. The summed E-state index contributed by atoms with van der Waals surface area (Å²) < 4.78 is 5.86. The smallest absolute Gasteiger partial charge is 0.222 e. The van der Waals surface area contributed by atoms with E-state index in [1.54, 1.807) is 30.5 Å². The van der Waals surface area contributed by atoms with Gasteiger partial charge < -0.3 is 20.9 Å². The lowest BCUT2D eigenvalue weighted by molar-refractivity contribution is 0.258. The first-order chi connectivity index (χ1) is 11.6. The van der Waals surface area contributed by atoms with Gasteiger partial charge in [-0.3, -0.25) is 0 Å². The van der Waals surface area contributed by atoms with Gasteiger partial charge in [-0.15, -0.1) is 0 Å². The first kappa shape index (κ1) is 16.8. The number of hydrogen-bond acceptors (Lipinski definition) is 6. The number of aliphatic hydroxyl groups is 1. The van der Waals surface area contributed by atoms with Gasteiger partial charge >= 0.3 is 0 Å². The van der Waals surface area contributed by atoms with Crippen molar-refractivity contribution in [2.24, 2.45) is 5.92 Å². The minimum Gasteiger partial charge on any atom is -0.452 e. The number of ether oxygens (including phenoxy) is 1. The minimum absolute atomic E-state index is 0.200. The molecule has 0 radical (unpaired) electrons. The van der Waals surface area contributed by atoms with Crippen LogP contribution in [0.1, 0.15) is 25.7 Å². The Balaban J connectivity index is 1.72. The fraction of sp³-hybridized carbons (Fsp3) is 0.412. The fourth-order valence-electron chi connectivity index (χ4n) is 3.04. The number of benzene rings is 1. The van der Waals surface area contributed by atoms with Gasteiger partial charge in [0.2, 0.25) is 5.95 Å². The number of nitrogens with one attached hydrogen (secondary N) is 1. The molecule has 6 nitrogen and oxygen atoms in total. The molecule has 4 N–H and O–H groups in total. The molecule has 0 spiro atoms. The van der Waals surface area contributed by atoms with E-state index in [9.17, 15) is 0 Å². The normalized spacial score (nSPS) is 20.1. The summed E-state index contributed by atoms with van der Waals surface area (Å²) in [6, 6.07) is 7.39. The van der Waals surface area contributed by atoms with Crippen molar-refractivity contribution in [3.05, 3.63) is 35.5 Å². The summed E-state index contributed by atoms with van der Waals surface area (Å²) in [6.07, 6.45) is 5.56. The number of anilines is 2. The number of rotatable bonds is 6. The molecule has 1 aromatic heterocycles. The first-order valence-corrected chi connectivity index (χ1v) is 8.45. The van der Waals surface area contributed by atoms with Crippen molar-refractivity contribution < 1.29 is 9.84 Å². The number of aromatic nitrogens is 2. The van der Waals surface area contributed by atoms with E-state index in [1.807, 2.05) is 0 Å². The number of nitrogens with two attached hydrogens (primary N) is 1. The van der Waals surface area contributed by atoms with Crippen LogP contribution in [-0.2, 0) is 0 Å². The van der Waals surface area contributed by atoms with Crippen molar-refractivity contribution in [1.82, 2.24) is 9.97 Å². The number of nitrogens with zero attached hydrogens (tertiary/aromatic N) is 2. The predicted octanol–water partition coefficient (Wildman–Crippen LogP) is 3.47. The monoisotopic (exact) mass is 348 g/mol. The van der Waals surface area contributed by atoms with E-state index in [-0.39, 0.29) is 12.6 Å². The van der Waals surface area contributed by atoms with Gasteiger partial charge in [-0.2, -0.15) is 4.98 Å². The van der Waals surface area contributed by atoms with Gasteiger partial charge in [-0.1, -0.05) is 11.6 Å². The molecule has 2 atom stereocenters. The van der Waals surface area contributed by atoms with Crippen molar-refractivity contribution in [3.8, 4) is 11.5 Å². The molecule has 1 saturated carbocycles. The quantitative estimate of drug-likeness (QED) is 0.740. The second kappa shape index (κ2) is 7.68. The van der Waals surface area contributed by atoms with Crippen LogP contribution in [0, 0.1) is 5.92 Å². The van der Waals surface area contributed by atoms with Crippen LogP contribution in [0.25, 0.3) is 0 Å².